The molecule has 182 valence electrons. The molecule has 1 N–H and O–H groups in total. The number of carbonyl (C=O) groups excluding carboxylic acids is 1. The molecular weight excluding hydrogens is 416 g/mol. The predicted molar refractivity (Wildman–Crippen MR) is 140 cm³/mol. The second-order valence-corrected chi connectivity index (χ2v) is 11.4. The number of hydrogen-bond donors (Lipinski definition) is 1. The van der Waals surface area contributed by atoms with Crippen molar-refractivity contribution in [2.24, 2.45) is 11.8 Å². The van der Waals surface area contributed by atoms with Gasteiger partial charge in [0, 0.05) is 24.7 Å². The first-order valence-corrected chi connectivity index (χ1v) is 13.7. The van der Waals surface area contributed by atoms with Crippen molar-refractivity contribution in [3.63, 3.8) is 0 Å². The van der Waals surface area contributed by atoms with E-state index >= 15 is 0 Å². The molecule has 3 nitrogen and oxygen atoms in total. The molecule has 5 rings (SSSR count). The van der Waals surface area contributed by atoms with E-state index in [9.17, 15) is 4.79 Å². The van der Waals surface area contributed by atoms with Gasteiger partial charge in [0.15, 0.2) is 0 Å². The second-order valence-electron chi connectivity index (χ2n) is 11.4. The van der Waals surface area contributed by atoms with Crippen molar-refractivity contribution in [1.29, 1.82) is 0 Å². The number of unbranched alkanes of at least 4 members (excludes halogenated alkanes) is 3. The third-order valence-corrected chi connectivity index (χ3v) is 9.10. The smallest absolute Gasteiger partial charge is 0.251 e. The number of piperidine rings is 1. The molecule has 3 heteroatoms. The van der Waals surface area contributed by atoms with E-state index in [1.165, 1.54) is 68.3 Å². The first-order chi connectivity index (χ1) is 16.5. The lowest BCUT2D eigenvalue weighted by atomic mass is 9.59. The summed E-state index contributed by atoms with van der Waals surface area (Å²) in [6.07, 6.45) is 11.0. The van der Waals surface area contributed by atoms with Gasteiger partial charge < -0.3 is 5.32 Å². The Balaban J connectivity index is 1.12. The molecule has 2 bridgehead atoms. The zero-order valence-corrected chi connectivity index (χ0v) is 21.2. The van der Waals surface area contributed by atoms with Crippen LogP contribution in [0.15, 0.2) is 48.5 Å². The van der Waals surface area contributed by atoms with Crippen LogP contribution < -0.4 is 5.32 Å². The van der Waals surface area contributed by atoms with Crippen molar-refractivity contribution in [3.8, 4) is 0 Å². The fourth-order valence-corrected chi connectivity index (χ4v) is 6.46. The number of nitrogens with one attached hydrogen (secondary N) is 1. The summed E-state index contributed by atoms with van der Waals surface area (Å²) in [7, 11) is 0. The van der Waals surface area contributed by atoms with Crippen LogP contribution >= 0.6 is 0 Å². The van der Waals surface area contributed by atoms with E-state index in [1.807, 2.05) is 0 Å². The molecular formula is C31H42N2O. The summed E-state index contributed by atoms with van der Waals surface area (Å²) in [6.45, 7) is 8.19. The molecule has 1 aliphatic heterocycles. The van der Waals surface area contributed by atoms with Gasteiger partial charge in [-0.05, 0) is 97.6 Å². The Kier molecular flexibility index (Phi) is 7.11. The molecule has 2 aliphatic carbocycles. The van der Waals surface area contributed by atoms with Crippen molar-refractivity contribution >= 4 is 5.91 Å². The largest absolute Gasteiger partial charge is 0.352 e. The Labute approximate surface area is 206 Å². The van der Waals surface area contributed by atoms with Crippen LogP contribution in [0.2, 0.25) is 0 Å². The van der Waals surface area contributed by atoms with Gasteiger partial charge in [-0.2, -0.15) is 0 Å². The fourth-order valence-electron chi connectivity index (χ4n) is 6.46. The number of nitrogens with zero attached hydrogens (tertiary/aromatic N) is 1. The standard InChI is InChI=1S/C31H42N2O/c1-23-29-21-26-15-16-27(20-28(26)31(23,2)17-19-33(29)22-25-13-14-25)30(34)32-18-9-4-3-6-10-24-11-7-5-8-12-24/h5,7-8,11-12,15-16,20,23,25,29H,3-4,6,9-10,13-14,17-19,21-22H2,1-2H3,(H,32,34)/t23-,29?,31-/m0/s1. The monoisotopic (exact) mass is 458 g/mol. The van der Waals surface area contributed by atoms with E-state index in [2.05, 4.69) is 72.6 Å². The van der Waals surface area contributed by atoms with Crippen LogP contribution in [0.25, 0.3) is 0 Å². The van der Waals surface area contributed by atoms with E-state index in [0.717, 1.165) is 37.3 Å². The molecule has 3 aliphatic rings. The van der Waals surface area contributed by atoms with E-state index < -0.39 is 0 Å². The van der Waals surface area contributed by atoms with E-state index in [4.69, 9.17) is 0 Å². The molecule has 0 aromatic heterocycles. The number of likely N-dealkylation sites (tertiary alicyclic amines) is 1. The van der Waals surface area contributed by atoms with Gasteiger partial charge in [-0.25, -0.2) is 0 Å². The van der Waals surface area contributed by atoms with Crippen molar-refractivity contribution in [1.82, 2.24) is 10.2 Å². The average molecular weight is 459 g/mol. The highest BCUT2D eigenvalue weighted by molar-refractivity contribution is 5.94. The van der Waals surface area contributed by atoms with Crippen molar-refractivity contribution in [2.75, 3.05) is 19.6 Å². The molecule has 34 heavy (non-hydrogen) atoms. The van der Waals surface area contributed by atoms with Crippen LogP contribution in [-0.2, 0) is 18.3 Å². The third kappa shape index (κ3) is 5.10. The summed E-state index contributed by atoms with van der Waals surface area (Å²) in [4.78, 5) is 15.7. The Morgan fingerprint density at radius 2 is 1.85 bits per heavy atom. The predicted octanol–water partition coefficient (Wildman–Crippen LogP) is 6.15. The number of hydrogen-bond acceptors (Lipinski definition) is 2. The third-order valence-electron chi connectivity index (χ3n) is 9.10. The van der Waals surface area contributed by atoms with Crippen LogP contribution in [0.3, 0.4) is 0 Å². The van der Waals surface area contributed by atoms with Gasteiger partial charge >= 0.3 is 0 Å². The topological polar surface area (TPSA) is 32.3 Å². The number of fused-ring (bicyclic) bond motifs is 4. The minimum atomic E-state index is 0.0941. The summed E-state index contributed by atoms with van der Waals surface area (Å²) >= 11 is 0. The number of rotatable bonds is 10. The second kappa shape index (κ2) is 10.2. The van der Waals surface area contributed by atoms with Crippen LogP contribution in [0.1, 0.15) is 85.8 Å². The van der Waals surface area contributed by atoms with Crippen molar-refractivity contribution < 1.29 is 4.79 Å². The van der Waals surface area contributed by atoms with Gasteiger partial charge in [-0.1, -0.05) is 63.1 Å². The van der Waals surface area contributed by atoms with Crippen LogP contribution in [0, 0.1) is 11.8 Å². The molecule has 1 unspecified atom stereocenters. The molecule has 2 fully saturated rings. The first-order valence-electron chi connectivity index (χ1n) is 13.7. The van der Waals surface area contributed by atoms with Gasteiger partial charge in [0.25, 0.3) is 5.91 Å². The molecule has 2 aromatic rings. The van der Waals surface area contributed by atoms with Crippen molar-refractivity contribution in [3.05, 3.63) is 70.8 Å². The number of carbonyl (C=O) groups is 1. The summed E-state index contributed by atoms with van der Waals surface area (Å²) in [5, 5.41) is 3.18. The van der Waals surface area contributed by atoms with Crippen molar-refractivity contribution in [2.45, 2.75) is 83.1 Å². The summed E-state index contributed by atoms with van der Waals surface area (Å²) in [6, 6.07) is 17.9. The van der Waals surface area contributed by atoms with Crippen LogP contribution in [-0.4, -0.2) is 36.5 Å². The molecule has 1 heterocycles. The normalized spacial score (nSPS) is 26.2. The number of benzene rings is 2. The van der Waals surface area contributed by atoms with Gasteiger partial charge in [0.05, 0.1) is 0 Å². The Bertz CT molecular complexity index is 982. The molecule has 1 amide bonds. The zero-order chi connectivity index (χ0) is 23.5. The molecule has 3 atom stereocenters. The minimum absolute atomic E-state index is 0.0941. The molecule has 1 saturated heterocycles. The first kappa shape index (κ1) is 23.6. The highest BCUT2D eigenvalue weighted by atomic mass is 16.1. The number of amides is 1. The van der Waals surface area contributed by atoms with Gasteiger partial charge in [-0.15, -0.1) is 0 Å². The maximum absolute atomic E-state index is 12.9. The Morgan fingerprint density at radius 3 is 2.65 bits per heavy atom. The lowest BCUT2D eigenvalue weighted by molar-refractivity contribution is 0.0284. The maximum Gasteiger partial charge on any atom is 0.251 e. The van der Waals surface area contributed by atoms with E-state index in [1.54, 1.807) is 0 Å². The highest BCUT2D eigenvalue weighted by Gasteiger charge is 2.49. The van der Waals surface area contributed by atoms with Gasteiger partial charge in [0.1, 0.15) is 0 Å². The Hall–Kier alpha value is -2.13. The summed E-state index contributed by atoms with van der Waals surface area (Å²) in [5.74, 6) is 1.69. The van der Waals surface area contributed by atoms with Crippen LogP contribution in [0.4, 0.5) is 0 Å². The SMILES string of the molecule is C[C@H]1C2Cc3ccc(C(=O)NCCCCCCc4ccccc4)cc3[C@@]1(C)CCN2CC1CC1. The maximum atomic E-state index is 12.9. The molecule has 1 saturated carbocycles. The lowest BCUT2D eigenvalue weighted by Gasteiger charge is -2.55. The summed E-state index contributed by atoms with van der Waals surface area (Å²) < 4.78 is 0. The molecule has 2 aromatic carbocycles. The average Bonchev–Trinajstić information content (AvgIpc) is 3.67. The van der Waals surface area contributed by atoms with E-state index in [0.29, 0.717) is 12.0 Å². The van der Waals surface area contributed by atoms with Crippen LogP contribution in [0.5, 0.6) is 0 Å². The van der Waals surface area contributed by atoms with Gasteiger partial charge in [-0.3, -0.25) is 9.69 Å². The number of aryl methyl sites for hydroxylation is 1. The lowest BCUT2D eigenvalue weighted by Crippen LogP contribution is -2.58. The fraction of sp³-hybridized carbons (Fsp3) is 0.581. The highest BCUT2D eigenvalue weighted by Crippen LogP contribution is 2.49. The summed E-state index contributed by atoms with van der Waals surface area (Å²) in [5.41, 5.74) is 5.37. The minimum Gasteiger partial charge on any atom is -0.352 e. The molecule has 0 radical (unpaired) electrons. The Morgan fingerprint density at radius 1 is 1.06 bits per heavy atom. The quantitative estimate of drug-likeness (QED) is 0.433. The van der Waals surface area contributed by atoms with E-state index in [-0.39, 0.29) is 11.3 Å². The molecule has 0 spiro atoms. The zero-order valence-electron chi connectivity index (χ0n) is 21.2. The van der Waals surface area contributed by atoms with Gasteiger partial charge in [0.2, 0.25) is 0 Å².